The molecule has 0 bridgehead atoms. The maximum Gasteiger partial charge on any atom is 0.414 e. The maximum atomic E-state index is 11.7. The summed E-state index contributed by atoms with van der Waals surface area (Å²) in [6, 6.07) is 7.26. The second-order valence-electron chi connectivity index (χ2n) is 4.63. The Morgan fingerprint density at radius 2 is 2.10 bits per heavy atom. The Hall–Kier alpha value is -2.08. The molecule has 1 unspecified atom stereocenters. The van der Waals surface area contributed by atoms with Crippen LogP contribution in [0.15, 0.2) is 24.3 Å². The zero-order valence-electron chi connectivity index (χ0n) is 11.7. The Balaban J connectivity index is 2.16. The molecule has 6 heteroatoms. The molecule has 1 fully saturated rings. The van der Waals surface area contributed by atoms with Gasteiger partial charge in [-0.2, -0.15) is 0 Å². The number of rotatable bonds is 4. The van der Waals surface area contributed by atoms with Crippen LogP contribution in [0.2, 0.25) is 0 Å². The molecule has 1 atom stereocenters. The number of nitrogens with two attached hydrogens (primary N) is 1. The van der Waals surface area contributed by atoms with Gasteiger partial charge in [-0.3, -0.25) is 9.69 Å². The number of hydrogen-bond acceptors (Lipinski definition) is 4. The van der Waals surface area contributed by atoms with Gasteiger partial charge in [0.15, 0.2) is 0 Å². The first-order valence-electron chi connectivity index (χ1n) is 6.63. The Labute approximate surface area is 118 Å². The van der Waals surface area contributed by atoms with Crippen LogP contribution in [0.5, 0.6) is 0 Å². The molecule has 1 aromatic carbocycles. The van der Waals surface area contributed by atoms with E-state index >= 15 is 0 Å². The van der Waals surface area contributed by atoms with Crippen molar-refractivity contribution >= 4 is 23.4 Å². The summed E-state index contributed by atoms with van der Waals surface area (Å²) in [4.78, 5) is 26.4. The standard InChI is InChI=1S/C14H19N3O3/c1-3-16(10(2)18)11-4-6-12(7-5-11)17-9-13(8-15)20-14(17)19/h4-7,13H,3,8-9,15H2,1-2H3. The molecule has 0 saturated carbocycles. The maximum absolute atomic E-state index is 11.7. The first kappa shape index (κ1) is 14.3. The number of ether oxygens (including phenoxy) is 1. The number of nitrogens with zero attached hydrogens (tertiary/aromatic N) is 2. The van der Waals surface area contributed by atoms with E-state index < -0.39 is 0 Å². The van der Waals surface area contributed by atoms with E-state index in [1.807, 2.05) is 19.1 Å². The Morgan fingerprint density at radius 3 is 2.55 bits per heavy atom. The van der Waals surface area contributed by atoms with Gasteiger partial charge in [0.25, 0.3) is 0 Å². The van der Waals surface area contributed by atoms with E-state index in [9.17, 15) is 9.59 Å². The lowest BCUT2D eigenvalue weighted by Gasteiger charge is -2.20. The van der Waals surface area contributed by atoms with Crippen LogP contribution < -0.4 is 15.5 Å². The Kier molecular flexibility index (Phi) is 4.24. The van der Waals surface area contributed by atoms with Gasteiger partial charge >= 0.3 is 6.09 Å². The second-order valence-corrected chi connectivity index (χ2v) is 4.63. The van der Waals surface area contributed by atoms with Crippen molar-refractivity contribution in [3.8, 4) is 0 Å². The summed E-state index contributed by atoms with van der Waals surface area (Å²) in [6.07, 6.45) is -0.640. The van der Waals surface area contributed by atoms with Crippen LogP contribution in [0.4, 0.5) is 16.2 Å². The summed E-state index contributed by atoms with van der Waals surface area (Å²) in [6.45, 7) is 4.82. The summed E-state index contributed by atoms with van der Waals surface area (Å²) in [7, 11) is 0. The summed E-state index contributed by atoms with van der Waals surface area (Å²) in [5.74, 6) is -0.0102. The van der Waals surface area contributed by atoms with Crippen molar-refractivity contribution in [2.75, 3.05) is 29.4 Å². The number of carbonyl (C=O) groups is 2. The summed E-state index contributed by atoms with van der Waals surface area (Å²) in [5, 5.41) is 0. The molecular weight excluding hydrogens is 258 g/mol. The molecule has 108 valence electrons. The summed E-state index contributed by atoms with van der Waals surface area (Å²) >= 11 is 0. The van der Waals surface area contributed by atoms with Gasteiger partial charge in [-0.05, 0) is 31.2 Å². The molecule has 1 aliphatic heterocycles. The smallest absolute Gasteiger partial charge is 0.414 e. The minimum absolute atomic E-state index is 0.0102. The largest absolute Gasteiger partial charge is 0.443 e. The number of anilines is 2. The molecule has 2 rings (SSSR count). The molecular formula is C14H19N3O3. The van der Waals surface area contributed by atoms with Crippen molar-refractivity contribution in [2.24, 2.45) is 5.73 Å². The van der Waals surface area contributed by atoms with Crippen molar-refractivity contribution in [1.29, 1.82) is 0 Å². The zero-order chi connectivity index (χ0) is 14.7. The second kappa shape index (κ2) is 5.92. The highest BCUT2D eigenvalue weighted by atomic mass is 16.6. The minimum Gasteiger partial charge on any atom is -0.443 e. The zero-order valence-corrected chi connectivity index (χ0v) is 11.7. The average Bonchev–Trinajstić information content (AvgIpc) is 2.81. The van der Waals surface area contributed by atoms with Gasteiger partial charge < -0.3 is 15.4 Å². The van der Waals surface area contributed by atoms with Crippen molar-refractivity contribution in [2.45, 2.75) is 20.0 Å². The average molecular weight is 277 g/mol. The fourth-order valence-electron chi connectivity index (χ4n) is 2.25. The normalized spacial score (nSPS) is 18.1. The number of carbonyl (C=O) groups excluding carboxylic acids is 2. The molecule has 6 nitrogen and oxygen atoms in total. The highest BCUT2D eigenvalue weighted by molar-refractivity contribution is 5.93. The van der Waals surface area contributed by atoms with Gasteiger partial charge in [-0.15, -0.1) is 0 Å². The van der Waals surface area contributed by atoms with E-state index in [1.54, 1.807) is 21.9 Å². The minimum atomic E-state index is -0.382. The van der Waals surface area contributed by atoms with Crippen LogP contribution in [0, 0.1) is 0 Å². The van der Waals surface area contributed by atoms with Gasteiger partial charge in [0.1, 0.15) is 6.10 Å². The third kappa shape index (κ3) is 2.75. The molecule has 1 saturated heterocycles. The molecule has 1 aromatic rings. The van der Waals surface area contributed by atoms with Crippen molar-refractivity contribution in [1.82, 2.24) is 0 Å². The topological polar surface area (TPSA) is 75.9 Å². The lowest BCUT2D eigenvalue weighted by atomic mass is 10.2. The van der Waals surface area contributed by atoms with Gasteiger partial charge in [0.2, 0.25) is 5.91 Å². The molecule has 2 N–H and O–H groups in total. The fourth-order valence-corrected chi connectivity index (χ4v) is 2.25. The Morgan fingerprint density at radius 1 is 1.45 bits per heavy atom. The van der Waals surface area contributed by atoms with Crippen molar-refractivity contribution in [3.63, 3.8) is 0 Å². The van der Waals surface area contributed by atoms with Gasteiger partial charge in [0, 0.05) is 31.4 Å². The van der Waals surface area contributed by atoms with E-state index in [1.165, 1.54) is 6.92 Å². The van der Waals surface area contributed by atoms with Crippen molar-refractivity contribution in [3.05, 3.63) is 24.3 Å². The third-order valence-corrected chi connectivity index (χ3v) is 3.31. The van der Waals surface area contributed by atoms with Gasteiger partial charge in [0.05, 0.1) is 6.54 Å². The number of benzene rings is 1. The fraction of sp³-hybridized carbons (Fsp3) is 0.429. The molecule has 0 aromatic heterocycles. The molecule has 20 heavy (non-hydrogen) atoms. The van der Waals surface area contributed by atoms with Crippen LogP contribution in [0.25, 0.3) is 0 Å². The van der Waals surface area contributed by atoms with E-state index in [2.05, 4.69) is 0 Å². The molecule has 1 aliphatic rings. The molecule has 0 spiro atoms. The monoisotopic (exact) mass is 277 g/mol. The van der Waals surface area contributed by atoms with E-state index in [-0.39, 0.29) is 18.1 Å². The molecule has 1 heterocycles. The summed E-state index contributed by atoms with van der Waals surface area (Å²) in [5.41, 5.74) is 7.06. The van der Waals surface area contributed by atoms with E-state index in [0.29, 0.717) is 19.6 Å². The molecule has 2 amide bonds. The first-order chi connectivity index (χ1) is 9.56. The van der Waals surface area contributed by atoms with Gasteiger partial charge in [-0.1, -0.05) is 0 Å². The van der Waals surface area contributed by atoms with E-state index in [0.717, 1.165) is 11.4 Å². The predicted molar refractivity (Wildman–Crippen MR) is 76.8 cm³/mol. The van der Waals surface area contributed by atoms with Crippen LogP contribution >= 0.6 is 0 Å². The quantitative estimate of drug-likeness (QED) is 0.901. The van der Waals surface area contributed by atoms with Crippen LogP contribution in [0.1, 0.15) is 13.8 Å². The number of cyclic esters (lactones) is 1. The predicted octanol–water partition coefficient (Wildman–Crippen LogP) is 1.34. The third-order valence-electron chi connectivity index (χ3n) is 3.31. The highest BCUT2D eigenvalue weighted by Gasteiger charge is 2.31. The van der Waals surface area contributed by atoms with Crippen molar-refractivity contribution < 1.29 is 14.3 Å². The van der Waals surface area contributed by atoms with Crippen LogP contribution in [-0.2, 0) is 9.53 Å². The lowest BCUT2D eigenvalue weighted by molar-refractivity contribution is -0.116. The number of hydrogen-bond donors (Lipinski definition) is 1. The number of amides is 2. The van der Waals surface area contributed by atoms with Crippen LogP contribution in [-0.4, -0.2) is 37.7 Å². The lowest BCUT2D eigenvalue weighted by Crippen LogP contribution is -2.29. The molecule has 0 aliphatic carbocycles. The van der Waals surface area contributed by atoms with E-state index in [4.69, 9.17) is 10.5 Å². The van der Waals surface area contributed by atoms with Gasteiger partial charge in [-0.25, -0.2) is 4.79 Å². The highest BCUT2D eigenvalue weighted by Crippen LogP contribution is 2.24. The SMILES string of the molecule is CCN(C(C)=O)c1ccc(N2CC(CN)OC2=O)cc1. The molecule has 0 radical (unpaired) electrons. The Bertz CT molecular complexity index is 501. The first-order valence-corrected chi connectivity index (χ1v) is 6.63. The summed E-state index contributed by atoms with van der Waals surface area (Å²) < 4.78 is 5.11. The van der Waals surface area contributed by atoms with Crippen LogP contribution in [0.3, 0.4) is 0 Å².